The smallest absolute Gasteiger partial charge is 0.405 e. The summed E-state index contributed by atoms with van der Waals surface area (Å²) in [5.41, 5.74) is -0.995. The number of carbonyl (C=O) groups excluding carboxylic acids is 5. The van der Waals surface area contributed by atoms with Gasteiger partial charge in [-0.25, -0.2) is 9.59 Å². The molecule has 0 bridgehead atoms. The minimum Gasteiger partial charge on any atom is -0.454 e. The van der Waals surface area contributed by atoms with Gasteiger partial charge in [-0.2, -0.15) is 13.2 Å². The Bertz CT molecular complexity index is 660. The van der Waals surface area contributed by atoms with E-state index in [-0.39, 0.29) is 0 Å². The minimum absolute atomic E-state index is 0.471. The van der Waals surface area contributed by atoms with E-state index in [1.807, 2.05) is 0 Å². The van der Waals surface area contributed by atoms with E-state index in [0.29, 0.717) is 17.7 Å². The third-order valence-corrected chi connectivity index (χ3v) is 4.06. The molecule has 150 valence electrons. The Morgan fingerprint density at radius 2 is 1.81 bits per heavy atom. The zero-order valence-electron chi connectivity index (χ0n) is 14.0. The van der Waals surface area contributed by atoms with Gasteiger partial charge in [0.25, 0.3) is 11.8 Å². The van der Waals surface area contributed by atoms with Crippen LogP contribution in [0.3, 0.4) is 0 Å². The van der Waals surface area contributed by atoms with Crippen LogP contribution in [-0.4, -0.2) is 66.2 Å². The van der Waals surface area contributed by atoms with Gasteiger partial charge in [0, 0.05) is 0 Å². The van der Waals surface area contributed by atoms with Crippen molar-refractivity contribution < 1.29 is 41.9 Å². The van der Waals surface area contributed by atoms with Crippen LogP contribution in [0, 0.1) is 0 Å². The number of amides is 6. The van der Waals surface area contributed by atoms with Gasteiger partial charge in [0.05, 0.1) is 0 Å². The third kappa shape index (κ3) is 5.31. The van der Waals surface area contributed by atoms with Crippen LogP contribution in [0.15, 0.2) is 0 Å². The molecule has 13 heteroatoms. The highest BCUT2D eigenvalue weighted by Crippen LogP contribution is 2.34. The molecule has 2 aliphatic rings. The number of ether oxygens (including phenoxy) is 1. The molecule has 0 radical (unpaired) electrons. The SMILES string of the molecule is O=C(COC(=O)CN1C(=O)NC2(CCCC2)C1=O)NC(=O)NCC(F)(F)F. The molecule has 2 rings (SSSR count). The summed E-state index contributed by atoms with van der Waals surface area (Å²) in [6.07, 6.45) is -2.18. The number of halogens is 3. The van der Waals surface area contributed by atoms with Gasteiger partial charge in [-0.1, -0.05) is 12.8 Å². The minimum atomic E-state index is -4.65. The first-order chi connectivity index (χ1) is 12.5. The molecule has 0 aromatic carbocycles. The second-order valence-electron chi connectivity index (χ2n) is 6.12. The predicted molar refractivity (Wildman–Crippen MR) is 80.0 cm³/mol. The van der Waals surface area contributed by atoms with Gasteiger partial charge in [-0.15, -0.1) is 0 Å². The van der Waals surface area contributed by atoms with Crippen molar-refractivity contribution >= 4 is 29.8 Å². The molecule has 0 aromatic rings. The summed E-state index contributed by atoms with van der Waals surface area (Å²) in [7, 11) is 0. The maximum absolute atomic E-state index is 12.3. The number of carbonyl (C=O) groups is 5. The largest absolute Gasteiger partial charge is 0.454 e. The number of imide groups is 2. The number of esters is 1. The topological polar surface area (TPSA) is 134 Å². The summed E-state index contributed by atoms with van der Waals surface area (Å²) < 4.78 is 40.3. The number of alkyl halides is 3. The molecule has 1 spiro atoms. The molecular weight excluding hydrogens is 377 g/mol. The Morgan fingerprint density at radius 3 is 2.41 bits per heavy atom. The van der Waals surface area contributed by atoms with E-state index in [1.165, 1.54) is 10.6 Å². The fraction of sp³-hybridized carbons (Fsp3) is 0.643. The van der Waals surface area contributed by atoms with E-state index in [2.05, 4.69) is 10.1 Å². The zero-order valence-corrected chi connectivity index (χ0v) is 14.0. The quantitative estimate of drug-likeness (QED) is 0.436. The van der Waals surface area contributed by atoms with Crippen LogP contribution >= 0.6 is 0 Å². The Morgan fingerprint density at radius 1 is 1.19 bits per heavy atom. The normalized spacial score (nSPS) is 18.4. The third-order valence-electron chi connectivity index (χ3n) is 4.06. The lowest BCUT2D eigenvalue weighted by Gasteiger charge is -2.19. The van der Waals surface area contributed by atoms with Gasteiger partial charge in [0.15, 0.2) is 6.61 Å². The van der Waals surface area contributed by atoms with E-state index in [4.69, 9.17) is 0 Å². The van der Waals surface area contributed by atoms with Gasteiger partial charge in [-0.05, 0) is 12.8 Å². The van der Waals surface area contributed by atoms with Crippen LogP contribution in [0.4, 0.5) is 22.8 Å². The summed E-state index contributed by atoms with van der Waals surface area (Å²) in [6, 6.07) is -2.15. The number of urea groups is 2. The molecule has 3 N–H and O–H groups in total. The fourth-order valence-corrected chi connectivity index (χ4v) is 2.85. The summed E-state index contributed by atoms with van der Waals surface area (Å²) in [5.74, 6) is -2.80. The summed E-state index contributed by atoms with van der Waals surface area (Å²) in [4.78, 5) is 59.0. The Kier molecular flexibility index (Phi) is 5.91. The zero-order chi connectivity index (χ0) is 20.2. The van der Waals surface area contributed by atoms with Crippen LogP contribution in [0.5, 0.6) is 0 Å². The van der Waals surface area contributed by atoms with Gasteiger partial charge < -0.3 is 15.4 Å². The van der Waals surface area contributed by atoms with E-state index >= 15 is 0 Å². The van der Waals surface area contributed by atoms with E-state index in [9.17, 15) is 37.1 Å². The van der Waals surface area contributed by atoms with Crippen molar-refractivity contribution in [3.8, 4) is 0 Å². The van der Waals surface area contributed by atoms with E-state index in [0.717, 1.165) is 12.8 Å². The van der Waals surface area contributed by atoms with Crippen LogP contribution < -0.4 is 16.0 Å². The molecule has 0 aromatic heterocycles. The Hall–Kier alpha value is -2.86. The number of hydrogen-bond donors (Lipinski definition) is 3. The number of hydrogen-bond acceptors (Lipinski definition) is 6. The Labute approximate surface area is 150 Å². The first kappa shape index (κ1) is 20.5. The molecule has 1 saturated carbocycles. The van der Waals surface area contributed by atoms with Crippen molar-refractivity contribution in [2.75, 3.05) is 19.7 Å². The van der Waals surface area contributed by atoms with Crippen LogP contribution in [0.2, 0.25) is 0 Å². The molecule has 1 aliphatic heterocycles. The second-order valence-corrected chi connectivity index (χ2v) is 6.12. The lowest BCUT2D eigenvalue weighted by atomic mass is 9.98. The van der Waals surface area contributed by atoms with E-state index in [1.54, 1.807) is 0 Å². The van der Waals surface area contributed by atoms with Crippen molar-refractivity contribution in [1.29, 1.82) is 0 Å². The molecule has 0 unspecified atom stereocenters. The molecule has 27 heavy (non-hydrogen) atoms. The van der Waals surface area contributed by atoms with Crippen molar-refractivity contribution in [3.05, 3.63) is 0 Å². The lowest BCUT2D eigenvalue weighted by molar-refractivity contribution is -0.150. The average Bonchev–Trinajstić information content (AvgIpc) is 3.12. The molecule has 6 amide bonds. The lowest BCUT2D eigenvalue weighted by Crippen LogP contribution is -2.45. The monoisotopic (exact) mass is 394 g/mol. The second kappa shape index (κ2) is 7.80. The number of nitrogens with zero attached hydrogens (tertiary/aromatic N) is 1. The Balaban J connectivity index is 1.74. The van der Waals surface area contributed by atoms with Crippen LogP contribution in [0.1, 0.15) is 25.7 Å². The maximum atomic E-state index is 12.3. The number of nitrogens with one attached hydrogen (secondary N) is 3. The fourth-order valence-electron chi connectivity index (χ4n) is 2.85. The molecule has 1 heterocycles. The van der Waals surface area contributed by atoms with Crippen LogP contribution in [0.25, 0.3) is 0 Å². The van der Waals surface area contributed by atoms with Crippen LogP contribution in [-0.2, 0) is 19.1 Å². The molecule has 2 fully saturated rings. The van der Waals surface area contributed by atoms with Crippen molar-refractivity contribution in [1.82, 2.24) is 20.9 Å². The highest BCUT2D eigenvalue weighted by atomic mass is 19.4. The predicted octanol–water partition coefficient (Wildman–Crippen LogP) is -0.218. The number of rotatable bonds is 5. The molecule has 1 aliphatic carbocycles. The molecule has 1 saturated heterocycles. The van der Waals surface area contributed by atoms with Gasteiger partial charge >= 0.3 is 24.2 Å². The maximum Gasteiger partial charge on any atom is 0.405 e. The average molecular weight is 394 g/mol. The molecule has 0 atom stereocenters. The molecule has 10 nitrogen and oxygen atoms in total. The first-order valence-corrected chi connectivity index (χ1v) is 7.97. The molecular formula is C14H17F3N4O6. The van der Waals surface area contributed by atoms with Crippen molar-refractivity contribution in [3.63, 3.8) is 0 Å². The van der Waals surface area contributed by atoms with E-state index < -0.39 is 61.3 Å². The summed E-state index contributed by atoms with van der Waals surface area (Å²) >= 11 is 0. The first-order valence-electron chi connectivity index (χ1n) is 7.97. The summed E-state index contributed by atoms with van der Waals surface area (Å²) in [6.45, 7) is -3.33. The van der Waals surface area contributed by atoms with Crippen molar-refractivity contribution in [2.45, 2.75) is 37.4 Å². The van der Waals surface area contributed by atoms with Gasteiger partial charge in [-0.3, -0.25) is 24.6 Å². The highest BCUT2D eigenvalue weighted by molar-refractivity contribution is 6.09. The van der Waals surface area contributed by atoms with Crippen molar-refractivity contribution in [2.24, 2.45) is 0 Å². The summed E-state index contributed by atoms with van der Waals surface area (Å²) in [5, 5.41) is 5.49. The highest BCUT2D eigenvalue weighted by Gasteiger charge is 2.52. The van der Waals surface area contributed by atoms with Gasteiger partial charge in [0.2, 0.25) is 0 Å². The van der Waals surface area contributed by atoms with Gasteiger partial charge in [0.1, 0.15) is 18.6 Å². The standard InChI is InChI=1S/C14H17F3N4O6/c15-14(16,17)7-18-11(25)19-8(22)6-27-9(23)5-21-10(24)13(20-12(21)26)3-1-2-4-13/h1-7H2,(H,20,26)(H2,18,19,22,25).